The van der Waals surface area contributed by atoms with Gasteiger partial charge in [-0.15, -0.1) is 0 Å². The van der Waals surface area contributed by atoms with Gasteiger partial charge in [0, 0.05) is 60.9 Å². The van der Waals surface area contributed by atoms with Crippen LogP contribution in [0.3, 0.4) is 0 Å². The van der Waals surface area contributed by atoms with Gasteiger partial charge in [0.25, 0.3) is 5.91 Å². The number of amides is 1. The summed E-state index contributed by atoms with van der Waals surface area (Å²) in [6.07, 6.45) is 12.8. The molecule has 0 radical (unpaired) electrons. The first kappa shape index (κ1) is 26.4. The molecule has 1 amide bonds. The van der Waals surface area contributed by atoms with Crippen LogP contribution in [0.15, 0.2) is 55.0 Å². The number of carbonyl (C=O) groups excluding carboxylic acids is 1. The number of hydrogen-bond donors (Lipinski definition) is 2. The molecule has 0 unspecified atom stereocenters. The Morgan fingerprint density at radius 1 is 1.00 bits per heavy atom. The van der Waals surface area contributed by atoms with E-state index < -0.39 is 0 Å². The van der Waals surface area contributed by atoms with Crippen molar-refractivity contribution in [2.24, 2.45) is 0 Å². The molecule has 0 spiro atoms. The van der Waals surface area contributed by atoms with Gasteiger partial charge in [-0.25, -0.2) is 4.98 Å². The molecule has 9 nitrogen and oxygen atoms in total. The lowest BCUT2D eigenvalue weighted by Crippen LogP contribution is -2.35. The number of likely N-dealkylation sites (tertiary alicyclic amines) is 2. The quantitative estimate of drug-likeness (QED) is 0.336. The molecule has 208 valence electrons. The number of nitrogens with zero attached hydrogens (tertiary/aromatic N) is 5. The van der Waals surface area contributed by atoms with Crippen LogP contribution in [0, 0.1) is 0 Å². The Morgan fingerprint density at radius 3 is 2.65 bits per heavy atom. The fraction of sp³-hybridized carbons (Fsp3) is 0.419. The van der Waals surface area contributed by atoms with Crippen LogP contribution in [0.1, 0.15) is 54.6 Å². The Hall–Kier alpha value is -3.82. The van der Waals surface area contributed by atoms with Gasteiger partial charge in [-0.1, -0.05) is 18.9 Å². The van der Waals surface area contributed by atoms with Gasteiger partial charge in [0.05, 0.1) is 5.52 Å². The van der Waals surface area contributed by atoms with E-state index in [4.69, 9.17) is 4.74 Å². The van der Waals surface area contributed by atoms with E-state index in [1.54, 1.807) is 18.3 Å². The summed E-state index contributed by atoms with van der Waals surface area (Å²) < 4.78 is 6.10. The lowest BCUT2D eigenvalue weighted by molar-refractivity contribution is 0.102. The van der Waals surface area contributed by atoms with E-state index in [2.05, 4.69) is 48.4 Å². The highest BCUT2D eigenvalue weighted by Crippen LogP contribution is 2.27. The Bertz CT molecular complexity index is 1450. The van der Waals surface area contributed by atoms with Crippen molar-refractivity contribution in [1.82, 2.24) is 30.0 Å². The number of H-pyrrole nitrogens is 1. The maximum absolute atomic E-state index is 13.3. The predicted octanol–water partition coefficient (Wildman–Crippen LogP) is 5.12. The second-order valence-corrected chi connectivity index (χ2v) is 11.1. The third-order valence-electron chi connectivity index (χ3n) is 7.96. The van der Waals surface area contributed by atoms with Crippen molar-refractivity contribution in [1.29, 1.82) is 0 Å². The molecule has 1 aromatic carbocycles. The van der Waals surface area contributed by atoms with Gasteiger partial charge in [0.1, 0.15) is 6.10 Å². The molecule has 2 fully saturated rings. The summed E-state index contributed by atoms with van der Waals surface area (Å²) in [7, 11) is 2.12. The van der Waals surface area contributed by atoms with Gasteiger partial charge in [0.2, 0.25) is 5.88 Å². The van der Waals surface area contributed by atoms with E-state index in [1.165, 1.54) is 31.2 Å². The molecule has 3 aromatic heterocycles. The number of benzene rings is 1. The minimum Gasteiger partial charge on any atom is -0.474 e. The standard InChI is InChI=1S/C31H37N7O2/c1-37-14-9-26(10-15-37)40-29-18-25(8-11-33-29)34-31(39)30-27-17-23(6-7-28(27)35-36-30)24-16-22(19-32-20-24)21-38-12-4-2-3-5-13-38/h6-8,11,16-20,26H,2-5,9-10,12-15,21H2,1H3,(H,35,36)(H,33,34,39). The molecular formula is C31H37N7O2. The summed E-state index contributed by atoms with van der Waals surface area (Å²) in [5, 5.41) is 11.1. The first-order chi connectivity index (χ1) is 19.6. The molecule has 6 rings (SSSR count). The second kappa shape index (κ2) is 12.1. The van der Waals surface area contributed by atoms with Gasteiger partial charge in [-0.3, -0.25) is 19.8 Å². The van der Waals surface area contributed by atoms with Crippen LogP contribution in [0.2, 0.25) is 0 Å². The average molecular weight is 540 g/mol. The van der Waals surface area contributed by atoms with E-state index in [1.807, 2.05) is 30.6 Å². The number of piperidine rings is 1. The van der Waals surface area contributed by atoms with E-state index in [0.29, 0.717) is 17.3 Å². The number of nitrogens with one attached hydrogen (secondary N) is 2. The number of fused-ring (bicyclic) bond motifs is 1. The normalized spacial score (nSPS) is 17.5. The van der Waals surface area contributed by atoms with Crippen LogP contribution in [-0.4, -0.2) is 75.2 Å². The summed E-state index contributed by atoms with van der Waals surface area (Å²) in [6, 6.07) is 11.8. The molecule has 0 saturated carbocycles. The van der Waals surface area contributed by atoms with E-state index in [-0.39, 0.29) is 12.0 Å². The smallest absolute Gasteiger partial charge is 0.276 e. The molecule has 2 saturated heterocycles. The zero-order valence-electron chi connectivity index (χ0n) is 23.1. The molecule has 0 bridgehead atoms. The molecule has 5 heterocycles. The number of hydrogen-bond acceptors (Lipinski definition) is 7. The third-order valence-corrected chi connectivity index (χ3v) is 7.96. The molecule has 0 aliphatic carbocycles. The van der Waals surface area contributed by atoms with Crippen LogP contribution in [0.25, 0.3) is 22.0 Å². The zero-order chi connectivity index (χ0) is 27.3. The first-order valence-corrected chi connectivity index (χ1v) is 14.4. The zero-order valence-corrected chi connectivity index (χ0v) is 23.1. The highest BCUT2D eigenvalue weighted by atomic mass is 16.5. The summed E-state index contributed by atoms with van der Waals surface area (Å²) in [5.74, 6) is 0.238. The SMILES string of the molecule is CN1CCC(Oc2cc(NC(=O)c3n[nH]c4ccc(-c5cncc(CN6CCCCCC6)c5)cc34)ccn2)CC1. The number of ether oxygens (including phenoxy) is 1. The van der Waals surface area contributed by atoms with Gasteiger partial charge in [-0.2, -0.15) is 5.10 Å². The number of pyridine rings is 2. The maximum atomic E-state index is 13.3. The Morgan fingerprint density at radius 2 is 1.82 bits per heavy atom. The van der Waals surface area contributed by atoms with Gasteiger partial charge in [-0.05, 0) is 81.2 Å². The van der Waals surface area contributed by atoms with Crippen molar-refractivity contribution in [2.75, 3.05) is 38.5 Å². The van der Waals surface area contributed by atoms with Crippen molar-refractivity contribution in [3.05, 3.63) is 66.2 Å². The van der Waals surface area contributed by atoms with Crippen LogP contribution in [0.4, 0.5) is 5.69 Å². The average Bonchev–Trinajstić information content (AvgIpc) is 3.23. The molecule has 40 heavy (non-hydrogen) atoms. The highest BCUT2D eigenvalue weighted by molar-refractivity contribution is 6.11. The molecule has 2 aliphatic rings. The van der Waals surface area contributed by atoms with Crippen LogP contribution >= 0.6 is 0 Å². The monoisotopic (exact) mass is 539 g/mol. The number of rotatable bonds is 7. The summed E-state index contributed by atoms with van der Waals surface area (Å²) in [5.41, 5.74) is 5.03. The van der Waals surface area contributed by atoms with E-state index in [0.717, 1.165) is 67.6 Å². The Kier molecular flexibility index (Phi) is 8.02. The topological polar surface area (TPSA) is 99.3 Å². The van der Waals surface area contributed by atoms with Crippen molar-refractivity contribution in [2.45, 2.75) is 51.2 Å². The molecule has 2 aliphatic heterocycles. The highest BCUT2D eigenvalue weighted by Gasteiger charge is 2.20. The predicted molar refractivity (Wildman–Crippen MR) is 156 cm³/mol. The van der Waals surface area contributed by atoms with Crippen molar-refractivity contribution < 1.29 is 9.53 Å². The number of anilines is 1. The summed E-state index contributed by atoms with van der Waals surface area (Å²) in [6.45, 7) is 5.22. The van der Waals surface area contributed by atoms with Crippen molar-refractivity contribution >= 4 is 22.5 Å². The van der Waals surface area contributed by atoms with Crippen LogP contribution in [-0.2, 0) is 6.54 Å². The number of aromatic amines is 1. The molecule has 2 N–H and O–H groups in total. The third kappa shape index (κ3) is 6.32. The van der Waals surface area contributed by atoms with E-state index >= 15 is 0 Å². The second-order valence-electron chi connectivity index (χ2n) is 11.1. The maximum Gasteiger partial charge on any atom is 0.276 e. The molecular weight excluding hydrogens is 502 g/mol. The Labute approximate surface area is 235 Å². The first-order valence-electron chi connectivity index (χ1n) is 14.4. The minimum atomic E-state index is -0.284. The van der Waals surface area contributed by atoms with Gasteiger partial charge < -0.3 is 15.0 Å². The summed E-state index contributed by atoms with van der Waals surface area (Å²) in [4.78, 5) is 27.0. The van der Waals surface area contributed by atoms with Crippen molar-refractivity contribution in [3.63, 3.8) is 0 Å². The van der Waals surface area contributed by atoms with Crippen LogP contribution < -0.4 is 10.1 Å². The molecule has 4 aromatic rings. The fourth-order valence-electron chi connectivity index (χ4n) is 5.67. The van der Waals surface area contributed by atoms with E-state index in [9.17, 15) is 4.79 Å². The van der Waals surface area contributed by atoms with Gasteiger partial charge >= 0.3 is 0 Å². The Balaban J connectivity index is 1.17. The van der Waals surface area contributed by atoms with Gasteiger partial charge in [0.15, 0.2) is 5.69 Å². The lowest BCUT2D eigenvalue weighted by Gasteiger charge is -2.28. The lowest BCUT2D eigenvalue weighted by atomic mass is 10.0. The molecule has 0 atom stereocenters. The minimum absolute atomic E-state index is 0.140. The largest absolute Gasteiger partial charge is 0.474 e. The fourth-order valence-corrected chi connectivity index (χ4v) is 5.67. The number of aromatic nitrogens is 4. The molecule has 9 heteroatoms. The van der Waals surface area contributed by atoms with Crippen LogP contribution in [0.5, 0.6) is 5.88 Å². The van der Waals surface area contributed by atoms with Crippen molar-refractivity contribution in [3.8, 4) is 17.0 Å². The summed E-state index contributed by atoms with van der Waals surface area (Å²) >= 11 is 0. The number of carbonyl (C=O) groups is 1.